The van der Waals surface area contributed by atoms with Crippen molar-refractivity contribution >= 4 is 95.1 Å². The van der Waals surface area contributed by atoms with Gasteiger partial charge in [0.15, 0.2) is 0 Å². The molecule has 176 valence electrons. The number of benzene rings is 2. The van der Waals surface area contributed by atoms with Crippen LogP contribution in [-0.4, -0.2) is 27.6 Å². The summed E-state index contributed by atoms with van der Waals surface area (Å²) in [6.45, 7) is 0.111. The maximum Gasteiger partial charge on any atom is 0.396 e. The molecule has 3 heterocycles. The third-order valence-electron chi connectivity index (χ3n) is 5.05. The van der Waals surface area contributed by atoms with E-state index in [9.17, 15) is 14.4 Å². The second kappa shape index (κ2) is 10.2. The van der Waals surface area contributed by atoms with Gasteiger partial charge in [0.25, 0.3) is 5.91 Å². The molecular formula is C24H14BrNO5S4. The number of hydrogen-bond acceptors (Lipinski definition) is 9. The monoisotopic (exact) mass is 603 g/mol. The van der Waals surface area contributed by atoms with Crippen LogP contribution in [-0.2, 0) is 9.59 Å². The number of halogens is 1. The second-order valence-electron chi connectivity index (χ2n) is 7.30. The molecule has 2 aromatic heterocycles. The second-order valence-corrected chi connectivity index (χ2v) is 11.8. The zero-order valence-electron chi connectivity index (χ0n) is 17.7. The highest BCUT2D eigenvalue weighted by Gasteiger charge is 2.32. The molecule has 0 saturated carbocycles. The predicted octanol–water partition coefficient (Wildman–Crippen LogP) is 6.54. The Kier molecular flexibility index (Phi) is 7.03. The third kappa shape index (κ3) is 5.19. The van der Waals surface area contributed by atoms with Crippen LogP contribution < -0.4 is 9.68 Å². The van der Waals surface area contributed by atoms with Gasteiger partial charge in [-0.25, -0.2) is 4.79 Å². The fourth-order valence-corrected chi connectivity index (χ4v) is 6.59. The lowest BCUT2D eigenvalue weighted by atomic mass is 10.0. The van der Waals surface area contributed by atoms with E-state index in [1.807, 2.05) is 41.8 Å². The van der Waals surface area contributed by atoms with Crippen LogP contribution in [0.3, 0.4) is 0 Å². The molecule has 6 nitrogen and oxygen atoms in total. The van der Waals surface area contributed by atoms with Crippen molar-refractivity contribution in [3.63, 3.8) is 0 Å². The van der Waals surface area contributed by atoms with Gasteiger partial charge in [-0.2, -0.15) is 0 Å². The first kappa shape index (κ1) is 24.1. The first-order valence-corrected chi connectivity index (χ1v) is 13.9. The van der Waals surface area contributed by atoms with Gasteiger partial charge < -0.3 is 9.15 Å². The maximum absolute atomic E-state index is 12.8. The number of fused-ring (bicyclic) bond motifs is 1. The van der Waals surface area contributed by atoms with Gasteiger partial charge in [0.2, 0.25) is 0 Å². The molecule has 0 bridgehead atoms. The van der Waals surface area contributed by atoms with E-state index in [2.05, 4.69) is 15.9 Å². The van der Waals surface area contributed by atoms with Crippen LogP contribution in [0.15, 0.2) is 72.5 Å². The highest BCUT2D eigenvalue weighted by Crippen LogP contribution is 2.39. The van der Waals surface area contributed by atoms with Crippen LogP contribution in [0.5, 0.6) is 5.75 Å². The number of thiocarbonyl (C=S) groups is 1. The summed E-state index contributed by atoms with van der Waals surface area (Å²) in [5.74, 6) is -0.430. The van der Waals surface area contributed by atoms with Gasteiger partial charge in [-0.05, 0) is 47.4 Å². The quantitative estimate of drug-likeness (QED) is 0.107. The molecule has 1 aliphatic heterocycles. The van der Waals surface area contributed by atoms with Crippen LogP contribution in [0.2, 0.25) is 0 Å². The topological polar surface area (TPSA) is 76.8 Å². The number of carbonyl (C=O) groups excluding carboxylic acids is 2. The van der Waals surface area contributed by atoms with Crippen LogP contribution in [0.1, 0.15) is 11.3 Å². The average Bonchev–Trinajstić information content (AvgIpc) is 3.53. The summed E-state index contributed by atoms with van der Waals surface area (Å²) in [4.78, 5) is 39.9. The Hall–Kier alpha value is -2.57. The van der Waals surface area contributed by atoms with Crippen molar-refractivity contribution in [2.24, 2.45) is 0 Å². The van der Waals surface area contributed by atoms with Gasteiger partial charge in [-0.1, -0.05) is 69.4 Å². The summed E-state index contributed by atoms with van der Waals surface area (Å²) in [5, 5.41) is 1.94. The number of ether oxygens (including phenoxy) is 1. The van der Waals surface area contributed by atoms with Gasteiger partial charge in [0, 0.05) is 21.5 Å². The standard InChI is InChI=1S/C24H14BrNO5S4/c25-14-5-3-13(4-6-14)20-16(7-8-17-21(20)35-24(29)31-17)30-19(27)9-10-26-22(28)18(34-23(26)32)12-15-2-1-11-33-15/h1-8,11-12H,9-10H2. The molecule has 1 fully saturated rings. The highest BCUT2D eigenvalue weighted by atomic mass is 79.9. The first-order chi connectivity index (χ1) is 16.9. The Morgan fingerprint density at radius 2 is 1.94 bits per heavy atom. The van der Waals surface area contributed by atoms with Gasteiger partial charge >= 0.3 is 10.9 Å². The van der Waals surface area contributed by atoms with Crippen LogP contribution in [0.4, 0.5) is 0 Å². The van der Waals surface area contributed by atoms with Crippen molar-refractivity contribution in [3.8, 4) is 16.9 Å². The summed E-state index contributed by atoms with van der Waals surface area (Å²) in [7, 11) is 0. The molecule has 1 saturated heterocycles. The van der Waals surface area contributed by atoms with E-state index >= 15 is 0 Å². The zero-order chi connectivity index (χ0) is 24.5. The van der Waals surface area contributed by atoms with E-state index < -0.39 is 10.9 Å². The Morgan fingerprint density at radius 1 is 1.14 bits per heavy atom. The normalized spacial score (nSPS) is 14.9. The van der Waals surface area contributed by atoms with E-state index in [1.165, 1.54) is 28.0 Å². The molecule has 0 N–H and O–H groups in total. The van der Waals surface area contributed by atoms with Crippen molar-refractivity contribution in [2.45, 2.75) is 6.42 Å². The summed E-state index contributed by atoms with van der Waals surface area (Å²) < 4.78 is 12.8. The molecule has 0 radical (unpaired) electrons. The maximum atomic E-state index is 12.8. The van der Waals surface area contributed by atoms with E-state index in [1.54, 1.807) is 18.2 Å². The van der Waals surface area contributed by atoms with Gasteiger partial charge in [0.1, 0.15) is 15.7 Å². The summed E-state index contributed by atoms with van der Waals surface area (Å²) in [5.41, 5.74) is 1.80. The number of esters is 1. The molecule has 2 aromatic carbocycles. The highest BCUT2D eigenvalue weighted by molar-refractivity contribution is 9.10. The number of thioether (sulfide) groups is 1. The van der Waals surface area contributed by atoms with Crippen molar-refractivity contribution < 1.29 is 18.7 Å². The molecule has 11 heteroatoms. The van der Waals surface area contributed by atoms with Crippen LogP contribution in [0, 0.1) is 0 Å². The Balaban J connectivity index is 1.34. The predicted molar refractivity (Wildman–Crippen MR) is 148 cm³/mol. The summed E-state index contributed by atoms with van der Waals surface area (Å²) >= 11 is 12.5. The fraction of sp³-hybridized carbons (Fsp3) is 0.0833. The third-order valence-corrected chi connectivity index (χ3v) is 8.63. The van der Waals surface area contributed by atoms with Gasteiger partial charge in [-0.15, -0.1) is 11.3 Å². The van der Waals surface area contributed by atoms with Crippen molar-refractivity contribution in [2.75, 3.05) is 6.54 Å². The molecule has 0 aliphatic carbocycles. The summed E-state index contributed by atoms with van der Waals surface area (Å²) in [6.07, 6.45) is 1.76. The molecule has 4 aromatic rings. The van der Waals surface area contributed by atoms with Gasteiger partial charge in [-0.3, -0.25) is 14.5 Å². The lowest BCUT2D eigenvalue weighted by Crippen LogP contribution is -2.31. The molecule has 35 heavy (non-hydrogen) atoms. The summed E-state index contributed by atoms with van der Waals surface area (Å²) in [6, 6.07) is 14.5. The molecule has 0 spiro atoms. The minimum Gasteiger partial charge on any atom is -0.426 e. The number of amides is 1. The van der Waals surface area contributed by atoms with Crippen molar-refractivity contribution in [3.05, 3.63) is 77.9 Å². The van der Waals surface area contributed by atoms with Crippen molar-refractivity contribution in [1.29, 1.82) is 0 Å². The fourth-order valence-electron chi connectivity index (χ4n) is 3.47. The minimum atomic E-state index is -0.519. The smallest absolute Gasteiger partial charge is 0.396 e. The largest absolute Gasteiger partial charge is 0.426 e. The number of nitrogens with zero attached hydrogens (tertiary/aromatic N) is 1. The molecule has 0 atom stereocenters. The Morgan fingerprint density at radius 3 is 2.69 bits per heavy atom. The minimum absolute atomic E-state index is 0.0435. The number of rotatable bonds is 6. The van der Waals surface area contributed by atoms with Crippen LogP contribution in [0.25, 0.3) is 27.5 Å². The lowest BCUT2D eigenvalue weighted by molar-refractivity contribution is -0.134. The number of hydrogen-bond donors (Lipinski definition) is 0. The van der Waals surface area contributed by atoms with Crippen LogP contribution >= 0.6 is 62.6 Å². The Labute approximate surface area is 225 Å². The molecule has 5 rings (SSSR count). The first-order valence-electron chi connectivity index (χ1n) is 10.2. The lowest BCUT2D eigenvalue weighted by Gasteiger charge is -2.15. The zero-order valence-corrected chi connectivity index (χ0v) is 22.5. The number of carbonyl (C=O) groups is 2. The van der Waals surface area contributed by atoms with Gasteiger partial charge in [0.05, 0.1) is 16.0 Å². The van der Waals surface area contributed by atoms with Crippen molar-refractivity contribution in [1.82, 2.24) is 4.90 Å². The van der Waals surface area contributed by atoms with E-state index in [4.69, 9.17) is 21.4 Å². The van der Waals surface area contributed by atoms with E-state index in [0.717, 1.165) is 26.3 Å². The molecule has 1 aliphatic rings. The molecule has 0 unspecified atom stereocenters. The molecule has 1 amide bonds. The Bertz CT molecular complexity index is 1540. The SMILES string of the molecule is O=C(CCN1C(=O)C(=Cc2cccs2)SC1=S)Oc1ccc2oc(=O)sc2c1-c1ccc(Br)cc1. The van der Waals surface area contributed by atoms with E-state index in [-0.39, 0.29) is 18.9 Å². The average molecular weight is 605 g/mol. The van der Waals surface area contributed by atoms with E-state index in [0.29, 0.717) is 30.8 Å². The number of thiophene rings is 1. The molecular weight excluding hydrogens is 590 g/mol.